The molecule has 2 fully saturated rings. The van der Waals surface area contributed by atoms with Gasteiger partial charge in [0.2, 0.25) is 5.91 Å². The molecule has 0 spiro atoms. The molecule has 4 rings (SSSR count). The quantitative estimate of drug-likeness (QED) is 0.374. The van der Waals surface area contributed by atoms with Crippen molar-refractivity contribution in [3.63, 3.8) is 0 Å². The maximum Gasteiger partial charge on any atom is 0.233 e. The lowest BCUT2D eigenvalue weighted by Crippen LogP contribution is -2.47. The summed E-state index contributed by atoms with van der Waals surface area (Å²) in [5.41, 5.74) is 1.41. The normalized spacial score (nSPS) is 18.4. The first-order valence-corrected chi connectivity index (χ1v) is 12.4. The molecule has 8 heteroatoms. The summed E-state index contributed by atoms with van der Waals surface area (Å²) in [5, 5.41) is 1.02. The van der Waals surface area contributed by atoms with Crippen LogP contribution in [0.3, 0.4) is 0 Å². The van der Waals surface area contributed by atoms with E-state index in [1.54, 1.807) is 0 Å². The number of aromatic nitrogens is 2. The van der Waals surface area contributed by atoms with Crippen LogP contribution in [-0.4, -0.2) is 77.7 Å². The maximum atomic E-state index is 12.5. The largest absolute Gasteiger partial charge is 0.356 e. The second-order valence-corrected chi connectivity index (χ2v) is 9.75. The van der Waals surface area contributed by atoms with Crippen LogP contribution in [-0.2, 0) is 11.2 Å². The van der Waals surface area contributed by atoms with Gasteiger partial charge in [-0.25, -0.2) is 9.97 Å². The van der Waals surface area contributed by atoms with Gasteiger partial charge in [0, 0.05) is 45.3 Å². The third-order valence-corrected chi connectivity index (χ3v) is 7.17. The van der Waals surface area contributed by atoms with Crippen LogP contribution in [0.2, 0.25) is 5.15 Å². The molecule has 2 saturated heterocycles. The van der Waals surface area contributed by atoms with Gasteiger partial charge in [0.1, 0.15) is 11.0 Å². The van der Waals surface area contributed by atoms with E-state index >= 15 is 0 Å². The van der Waals surface area contributed by atoms with E-state index in [9.17, 15) is 4.79 Å². The summed E-state index contributed by atoms with van der Waals surface area (Å²) >= 11 is 7.67. The standard InChI is InChI=1S/C23H30ClN5OS/c1-27-11-13-29(14-12-27)22(30)17-31-23-25-20(24)16-21(26-23)28-9-7-19(8-10-28)15-18-5-3-2-4-6-18/h2-6,16,19H,7-15,17H2,1H3. The fraction of sp³-hybridized carbons (Fsp3) is 0.522. The maximum absolute atomic E-state index is 12.5. The molecule has 2 aliphatic heterocycles. The second kappa shape index (κ2) is 10.7. The predicted molar refractivity (Wildman–Crippen MR) is 127 cm³/mol. The molecule has 1 aromatic heterocycles. The highest BCUT2D eigenvalue weighted by molar-refractivity contribution is 7.99. The minimum absolute atomic E-state index is 0.143. The number of piperazine rings is 1. The van der Waals surface area contributed by atoms with Crippen molar-refractivity contribution in [3.05, 3.63) is 47.1 Å². The fourth-order valence-corrected chi connectivity index (χ4v) is 5.18. The van der Waals surface area contributed by atoms with Gasteiger partial charge in [-0.2, -0.15) is 0 Å². The van der Waals surface area contributed by atoms with Gasteiger partial charge in [0.05, 0.1) is 5.75 Å². The Morgan fingerprint density at radius 2 is 1.77 bits per heavy atom. The molecule has 0 unspecified atom stereocenters. The van der Waals surface area contributed by atoms with Gasteiger partial charge in [0.15, 0.2) is 5.16 Å². The average Bonchev–Trinajstić information content (AvgIpc) is 2.79. The van der Waals surface area contributed by atoms with Gasteiger partial charge in [-0.1, -0.05) is 53.7 Å². The Hall–Kier alpha value is -1.83. The minimum Gasteiger partial charge on any atom is -0.356 e. The summed E-state index contributed by atoms with van der Waals surface area (Å²) < 4.78 is 0. The highest BCUT2D eigenvalue weighted by atomic mass is 35.5. The molecule has 0 radical (unpaired) electrons. The highest BCUT2D eigenvalue weighted by Crippen LogP contribution is 2.27. The highest BCUT2D eigenvalue weighted by Gasteiger charge is 2.22. The van der Waals surface area contributed by atoms with Crippen molar-refractivity contribution in [3.8, 4) is 0 Å². The summed E-state index contributed by atoms with van der Waals surface area (Å²) in [6, 6.07) is 12.6. The summed E-state index contributed by atoms with van der Waals surface area (Å²) in [5.74, 6) is 2.06. The number of piperidine rings is 1. The summed E-state index contributed by atoms with van der Waals surface area (Å²) in [6.07, 6.45) is 3.41. The molecule has 166 valence electrons. The first-order valence-electron chi connectivity index (χ1n) is 11.0. The van der Waals surface area contributed by atoms with Crippen LogP contribution in [0.25, 0.3) is 0 Å². The Morgan fingerprint density at radius 3 is 2.48 bits per heavy atom. The number of rotatable bonds is 6. The van der Waals surface area contributed by atoms with Crippen molar-refractivity contribution in [1.82, 2.24) is 19.8 Å². The smallest absolute Gasteiger partial charge is 0.233 e. The molecule has 0 aliphatic carbocycles. The predicted octanol–water partition coefficient (Wildman–Crippen LogP) is 3.46. The van der Waals surface area contributed by atoms with Gasteiger partial charge in [-0.3, -0.25) is 4.79 Å². The van der Waals surface area contributed by atoms with Crippen LogP contribution < -0.4 is 4.90 Å². The van der Waals surface area contributed by atoms with Crippen LogP contribution in [0, 0.1) is 5.92 Å². The van der Waals surface area contributed by atoms with Crippen LogP contribution in [0.5, 0.6) is 0 Å². The Labute approximate surface area is 194 Å². The van der Waals surface area contributed by atoms with E-state index in [1.807, 2.05) is 11.0 Å². The number of hydrogen-bond donors (Lipinski definition) is 0. The lowest BCUT2D eigenvalue weighted by Gasteiger charge is -2.33. The molecule has 2 aliphatic rings. The topological polar surface area (TPSA) is 52.6 Å². The molecular weight excluding hydrogens is 430 g/mol. The number of nitrogens with zero attached hydrogens (tertiary/aromatic N) is 5. The van der Waals surface area contributed by atoms with Crippen LogP contribution in [0.1, 0.15) is 18.4 Å². The first kappa shape index (κ1) is 22.4. The van der Waals surface area contributed by atoms with Gasteiger partial charge < -0.3 is 14.7 Å². The zero-order valence-corrected chi connectivity index (χ0v) is 19.6. The molecule has 3 heterocycles. The number of hydrogen-bond acceptors (Lipinski definition) is 6. The lowest BCUT2D eigenvalue weighted by molar-refractivity contribution is -0.129. The number of likely N-dealkylation sites (N-methyl/N-ethyl adjacent to an activating group) is 1. The Kier molecular flexibility index (Phi) is 7.69. The third kappa shape index (κ3) is 6.34. The number of anilines is 1. The molecular formula is C23H30ClN5OS. The third-order valence-electron chi connectivity index (χ3n) is 6.15. The van der Waals surface area contributed by atoms with E-state index < -0.39 is 0 Å². The molecule has 0 bridgehead atoms. The number of carbonyl (C=O) groups excluding carboxylic acids is 1. The number of halogens is 1. The number of amides is 1. The van der Waals surface area contributed by atoms with Gasteiger partial charge in [-0.05, 0) is 37.8 Å². The lowest BCUT2D eigenvalue weighted by atomic mass is 9.90. The zero-order valence-electron chi connectivity index (χ0n) is 18.0. The van der Waals surface area contributed by atoms with E-state index in [2.05, 4.69) is 52.2 Å². The molecule has 31 heavy (non-hydrogen) atoms. The molecule has 6 nitrogen and oxygen atoms in total. The van der Waals surface area contributed by atoms with E-state index in [0.717, 1.165) is 64.3 Å². The number of benzene rings is 1. The molecule has 1 aromatic carbocycles. The molecule has 0 N–H and O–H groups in total. The SMILES string of the molecule is CN1CCN(C(=O)CSc2nc(Cl)cc(N3CCC(Cc4ccccc4)CC3)n2)CC1. The van der Waals surface area contributed by atoms with Crippen molar-refractivity contribution < 1.29 is 4.79 Å². The number of carbonyl (C=O) groups is 1. The molecule has 0 saturated carbocycles. The van der Waals surface area contributed by atoms with E-state index in [1.165, 1.54) is 17.3 Å². The molecule has 0 atom stereocenters. The first-order chi connectivity index (χ1) is 15.1. The van der Waals surface area contributed by atoms with Gasteiger partial charge in [-0.15, -0.1) is 0 Å². The Balaban J connectivity index is 1.30. The molecule has 2 aromatic rings. The van der Waals surface area contributed by atoms with Crippen LogP contribution >= 0.6 is 23.4 Å². The van der Waals surface area contributed by atoms with E-state index in [-0.39, 0.29) is 5.91 Å². The van der Waals surface area contributed by atoms with E-state index in [4.69, 9.17) is 16.6 Å². The van der Waals surface area contributed by atoms with Gasteiger partial charge >= 0.3 is 0 Å². The zero-order chi connectivity index (χ0) is 21.6. The number of thioether (sulfide) groups is 1. The molecule has 1 amide bonds. The van der Waals surface area contributed by atoms with Crippen LogP contribution in [0.4, 0.5) is 5.82 Å². The Morgan fingerprint density at radius 1 is 1.06 bits per heavy atom. The monoisotopic (exact) mass is 459 g/mol. The average molecular weight is 460 g/mol. The van der Waals surface area contributed by atoms with E-state index in [0.29, 0.717) is 22.0 Å². The van der Waals surface area contributed by atoms with Crippen molar-refractivity contribution >= 4 is 35.1 Å². The van der Waals surface area contributed by atoms with Crippen molar-refractivity contribution in [1.29, 1.82) is 0 Å². The summed E-state index contributed by atoms with van der Waals surface area (Å²) in [6.45, 7) is 5.36. The second-order valence-electron chi connectivity index (χ2n) is 8.42. The van der Waals surface area contributed by atoms with Crippen molar-refractivity contribution in [2.45, 2.75) is 24.4 Å². The van der Waals surface area contributed by atoms with Crippen LogP contribution in [0.15, 0.2) is 41.6 Å². The van der Waals surface area contributed by atoms with Crippen molar-refractivity contribution in [2.75, 3.05) is 57.0 Å². The minimum atomic E-state index is 0.143. The summed E-state index contributed by atoms with van der Waals surface area (Å²) in [7, 11) is 2.09. The van der Waals surface area contributed by atoms with Crippen molar-refractivity contribution in [2.24, 2.45) is 5.92 Å². The fourth-order valence-electron chi connectivity index (χ4n) is 4.20. The summed E-state index contributed by atoms with van der Waals surface area (Å²) in [4.78, 5) is 28.0. The Bertz CT molecular complexity index is 868. The van der Waals surface area contributed by atoms with Gasteiger partial charge in [0.25, 0.3) is 0 Å².